The second-order valence-electron chi connectivity index (χ2n) is 4.01. The number of hydrogen-bond acceptors (Lipinski definition) is 2. The lowest BCUT2D eigenvalue weighted by molar-refractivity contribution is -0.120. The molecule has 2 aromatic rings. The summed E-state index contributed by atoms with van der Waals surface area (Å²) in [7, 11) is 0. The maximum atomic E-state index is 11.6. The molecule has 96 valence electrons. The van der Waals surface area contributed by atoms with E-state index in [1.807, 2.05) is 42.5 Å². The van der Waals surface area contributed by atoms with Crippen molar-refractivity contribution < 1.29 is 4.79 Å². The third-order valence-electron chi connectivity index (χ3n) is 2.48. The van der Waals surface area contributed by atoms with Gasteiger partial charge in [0.25, 0.3) is 0 Å². The normalized spacial score (nSPS) is 10.6. The first-order valence-corrected chi connectivity index (χ1v) is 6.23. The molecular formula is C15H13ClN2O. The zero-order valence-electron chi connectivity index (χ0n) is 10.2. The summed E-state index contributed by atoms with van der Waals surface area (Å²) < 4.78 is 0. The van der Waals surface area contributed by atoms with Gasteiger partial charge in [0.05, 0.1) is 12.6 Å². The average molecular weight is 273 g/mol. The molecule has 0 atom stereocenters. The average Bonchev–Trinajstić information content (AvgIpc) is 2.42. The quantitative estimate of drug-likeness (QED) is 0.675. The number of hydrogen-bond donors (Lipinski definition) is 1. The van der Waals surface area contributed by atoms with Crippen LogP contribution < -0.4 is 5.43 Å². The van der Waals surface area contributed by atoms with Gasteiger partial charge in [0, 0.05) is 5.02 Å². The predicted octanol–water partition coefficient (Wildman–Crippen LogP) is 3.03. The van der Waals surface area contributed by atoms with Crippen molar-refractivity contribution in [2.75, 3.05) is 0 Å². The fourth-order valence-corrected chi connectivity index (χ4v) is 1.67. The summed E-state index contributed by atoms with van der Waals surface area (Å²) >= 11 is 5.77. The molecule has 0 heterocycles. The van der Waals surface area contributed by atoms with E-state index in [0.717, 1.165) is 11.1 Å². The van der Waals surface area contributed by atoms with Crippen LogP contribution in [0.15, 0.2) is 59.7 Å². The zero-order chi connectivity index (χ0) is 13.5. The van der Waals surface area contributed by atoms with E-state index in [1.165, 1.54) is 0 Å². The molecular weight excluding hydrogens is 260 g/mol. The first-order chi connectivity index (χ1) is 9.24. The van der Waals surface area contributed by atoms with Gasteiger partial charge < -0.3 is 0 Å². The standard InChI is InChI=1S/C15H13ClN2O/c16-14-8-6-13(7-9-14)11-17-18-15(19)10-12-4-2-1-3-5-12/h1-9,11H,10H2,(H,18,19)/b17-11+. The van der Waals surface area contributed by atoms with Crippen LogP contribution in [0.25, 0.3) is 0 Å². The second kappa shape index (κ2) is 6.71. The molecule has 2 rings (SSSR count). The lowest BCUT2D eigenvalue weighted by Gasteiger charge is -1.99. The second-order valence-corrected chi connectivity index (χ2v) is 4.44. The monoisotopic (exact) mass is 272 g/mol. The number of benzene rings is 2. The van der Waals surface area contributed by atoms with E-state index < -0.39 is 0 Å². The molecule has 4 heteroatoms. The first kappa shape index (κ1) is 13.3. The first-order valence-electron chi connectivity index (χ1n) is 5.85. The van der Waals surface area contributed by atoms with E-state index in [-0.39, 0.29) is 5.91 Å². The fraction of sp³-hybridized carbons (Fsp3) is 0.0667. The Kier molecular flexibility index (Phi) is 4.70. The minimum atomic E-state index is -0.142. The van der Waals surface area contributed by atoms with Gasteiger partial charge >= 0.3 is 0 Å². The highest BCUT2D eigenvalue weighted by Gasteiger charge is 2.00. The van der Waals surface area contributed by atoms with E-state index in [0.29, 0.717) is 11.4 Å². The lowest BCUT2D eigenvalue weighted by atomic mass is 10.1. The smallest absolute Gasteiger partial charge is 0.244 e. The van der Waals surface area contributed by atoms with Crippen molar-refractivity contribution in [1.82, 2.24) is 5.43 Å². The van der Waals surface area contributed by atoms with Crippen LogP contribution in [0.2, 0.25) is 5.02 Å². The molecule has 0 unspecified atom stereocenters. The molecule has 0 fully saturated rings. The molecule has 0 aliphatic carbocycles. The molecule has 3 nitrogen and oxygen atoms in total. The summed E-state index contributed by atoms with van der Waals surface area (Å²) in [5.41, 5.74) is 4.33. The van der Waals surface area contributed by atoms with Crippen molar-refractivity contribution in [3.05, 3.63) is 70.7 Å². The van der Waals surface area contributed by atoms with E-state index in [4.69, 9.17) is 11.6 Å². The zero-order valence-corrected chi connectivity index (χ0v) is 11.0. The van der Waals surface area contributed by atoms with Crippen molar-refractivity contribution in [2.45, 2.75) is 6.42 Å². The van der Waals surface area contributed by atoms with Gasteiger partial charge in [-0.2, -0.15) is 5.10 Å². The Morgan fingerprint density at radius 2 is 1.79 bits per heavy atom. The van der Waals surface area contributed by atoms with Crippen molar-refractivity contribution in [1.29, 1.82) is 0 Å². The van der Waals surface area contributed by atoms with Gasteiger partial charge in [-0.05, 0) is 23.3 Å². The molecule has 0 aliphatic rings. The van der Waals surface area contributed by atoms with Gasteiger partial charge in [-0.25, -0.2) is 5.43 Å². The maximum Gasteiger partial charge on any atom is 0.244 e. The number of carbonyl (C=O) groups excluding carboxylic acids is 1. The Hall–Kier alpha value is -2.13. The van der Waals surface area contributed by atoms with Gasteiger partial charge in [0.1, 0.15) is 0 Å². The molecule has 0 radical (unpaired) electrons. The van der Waals surface area contributed by atoms with Gasteiger partial charge in [-0.3, -0.25) is 4.79 Å². The summed E-state index contributed by atoms with van der Waals surface area (Å²) in [5.74, 6) is -0.142. The van der Waals surface area contributed by atoms with Crippen LogP contribution in [-0.4, -0.2) is 12.1 Å². The van der Waals surface area contributed by atoms with Crippen LogP contribution in [-0.2, 0) is 11.2 Å². The van der Waals surface area contributed by atoms with Crippen molar-refractivity contribution in [3.63, 3.8) is 0 Å². The number of nitrogens with zero attached hydrogens (tertiary/aromatic N) is 1. The molecule has 0 saturated carbocycles. The van der Waals surface area contributed by atoms with Crippen LogP contribution >= 0.6 is 11.6 Å². The van der Waals surface area contributed by atoms with Crippen LogP contribution in [0.4, 0.5) is 0 Å². The number of hydrazone groups is 1. The van der Waals surface area contributed by atoms with Crippen molar-refractivity contribution >= 4 is 23.7 Å². The van der Waals surface area contributed by atoms with E-state index in [1.54, 1.807) is 18.3 Å². The van der Waals surface area contributed by atoms with Crippen LogP contribution in [0.5, 0.6) is 0 Å². The molecule has 0 aromatic heterocycles. The summed E-state index contributed by atoms with van der Waals surface area (Å²) in [6.45, 7) is 0. The highest BCUT2D eigenvalue weighted by molar-refractivity contribution is 6.30. The highest BCUT2D eigenvalue weighted by atomic mass is 35.5. The van der Waals surface area contributed by atoms with Crippen LogP contribution in [0, 0.1) is 0 Å². The van der Waals surface area contributed by atoms with Crippen LogP contribution in [0.3, 0.4) is 0 Å². The third kappa shape index (κ3) is 4.56. The SMILES string of the molecule is O=C(Cc1ccccc1)N/N=C/c1ccc(Cl)cc1. The van der Waals surface area contributed by atoms with Crippen molar-refractivity contribution in [3.8, 4) is 0 Å². The number of nitrogens with one attached hydrogen (secondary N) is 1. The van der Waals surface area contributed by atoms with Crippen molar-refractivity contribution in [2.24, 2.45) is 5.10 Å². The van der Waals surface area contributed by atoms with E-state index >= 15 is 0 Å². The Morgan fingerprint density at radius 3 is 2.47 bits per heavy atom. The Bertz CT molecular complexity index is 564. The Balaban J connectivity index is 1.85. The topological polar surface area (TPSA) is 41.5 Å². The molecule has 2 aromatic carbocycles. The summed E-state index contributed by atoms with van der Waals surface area (Å²) in [6, 6.07) is 16.7. The lowest BCUT2D eigenvalue weighted by Crippen LogP contribution is -2.19. The van der Waals surface area contributed by atoms with Gasteiger partial charge in [-0.15, -0.1) is 0 Å². The number of amides is 1. The highest BCUT2D eigenvalue weighted by Crippen LogP contribution is 2.07. The number of rotatable bonds is 4. The summed E-state index contributed by atoms with van der Waals surface area (Å²) in [6.07, 6.45) is 1.90. The van der Waals surface area contributed by atoms with E-state index in [9.17, 15) is 4.79 Å². The van der Waals surface area contributed by atoms with Gasteiger partial charge in [0.15, 0.2) is 0 Å². The number of halogens is 1. The third-order valence-corrected chi connectivity index (χ3v) is 2.73. The summed E-state index contributed by atoms with van der Waals surface area (Å²) in [5, 5.41) is 4.57. The molecule has 1 amide bonds. The minimum absolute atomic E-state index is 0.142. The van der Waals surface area contributed by atoms with Crippen LogP contribution in [0.1, 0.15) is 11.1 Å². The Labute approximate surface area is 116 Å². The van der Waals surface area contributed by atoms with Gasteiger partial charge in [0.2, 0.25) is 5.91 Å². The Morgan fingerprint density at radius 1 is 1.11 bits per heavy atom. The molecule has 0 spiro atoms. The van der Waals surface area contributed by atoms with Gasteiger partial charge in [-0.1, -0.05) is 54.1 Å². The fourth-order valence-electron chi connectivity index (χ4n) is 1.55. The molecule has 0 aliphatic heterocycles. The largest absolute Gasteiger partial charge is 0.273 e. The number of carbonyl (C=O) groups is 1. The molecule has 0 saturated heterocycles. The molecule has 19 heavy (non-hydrogen) atoms. The molecule has 1 N–H and O–H groups in total. The minimum Gasteiger partial charge on any atom is -0.273 e. The maximum absolute atomic E-state index is 11.6. The molecule has 0 bridgehead atoms. The predicted molar refractivity (Wildman–Crippen MR) is 77.3 cm³/mol. The van der Waals surface area contributed by atoms with E-state index in [2.05, 4.69) is 10.5 Å². The summed E-state index contributed by atoms with van der Waals surface area (Å²) in [4.78, 5) is 11.6.